The average Bonchev–Trinajstić information content (AvgIpc) is 3.17. The zero-order chi connectivity index (χ0) is 18.6. The molecule has 4 heteroatoms. The Balaban J connectivity index is 1.76. The second-order valence-electron chi connectivity index (χ2n) is 6.33. The molecular weight excluding hydrogens is 336 g/mol. The van der Waals surface area contributed by atoms with Crippen molar-refractivity contribution in [3.05, 3.63) is 102 Å². The zero-order valence-corrected chi connectivity index (χ0v) is 14.6. The first-order valence-corrected chi connectivity index (χ1v) is 8.73. The zero-order valence-electron chi connectivity index (χ0n) is 14.6. The fourth-order valence-electron chi connectivity index (χ4n) is 3.17. The SMILES string of the molecule is O=Cc1ccc(N(Cc2ccccc2)C(=O)c2c[nH]c3ccccc23)cc1. The lowest BCUT2D eigenvalue weighted by molar-refractivity contribution is 0.0986. The Hall–Kier alpha value is -3.66. The van der Waals surface area contributed by atoms with E-state index in [1.165, 1.54) is 0 Å². The summed E-state index contributed by atoms with van der Waals surface area (Å²) in [5, 5.41) is 0.894. The van der Waals surface area contributed by atoms with Crippen LogP contribution in [0.3, 0.4) is 0 Å². The van der Waals surface area contributed by atoms with E-state index in [0.29, 0.717) is 17.7 Å². The highest BCUT2D eigenvalue weighted by Gasteiger charge is 2.21. The van der Waals surface area contributed by atoms with E-state index >= 15 is 0 Å². The monoisotopic (exact) mass is 354 g/mol. The lowest BCUT2D eigenvalue weighted by Gasteiger charge is -2.23. The topological polar surface area (TPSA) is 53.2 Å². The van der Waals surface area contributed by atoms with Crippen molar-refractivity contribution in [2.24, 2.45) is 0 Å². The first-order valence-electron chi connectivity index (χ1n) is 8.73. The number of aldehydes is 1. The number of nitrogens with one attached hydrogen (secondary N) is 1. The van der Waals surface area contributed by atoms with E-state index in [9.17, 15) is 9.59 Å². The molecule has 0 saturated heterocycles. The number of carbonyl (C=O) groups excluding carboxylic acids is 2. The quantitative estimate of drug-likeness (QED) is 0.522. The van der Waals surface area contributed by atoms with Crippen LogP contribution >= 0.6 is 0 Å². The first kappa shape index (κ1) is 16.8. The van der Waals surface area contributed by atoms with Crippen molar-refractivity contribution in [3.8, 4) is 0 Å². The molecule has 1 aromatic heterocycles. The Morgan fingerprint density at radius 1 is 0.889 bits per heavy atom. The lowest BCUT2D eigenvalue weighted by Crippen LogP contribution is -2.30. The van der Waals surface area contributed by atoms with Crippen molar-refractivity contribution in [3.63, 3.8) is 0 Å². The molecular formula is C23H18N2O2. The molecule has 4 aromatic rings. The molecule has 3 aromatic carbocycles. The molecule has 0 aliphatic carbocycles. The van der Waals surface area contributed by atoms with Gasteiger partial charge in [-0.1, -0.05) is 48.5 Å². The lowest BCUT2D eigenvalue weighted by atomic mass is 10.1. The molecule has 0 spiro atoms. The minimum atomic E-state index is -0.0878. The summed E-state index contributed by atoms with van der Waals surface area (Å²) < 4.78 is 0. The number of aromatic nitrogens is 1. The van der Waals surface area contributed by atoms with Crippen molar-refractivity contribution in [2.75, 3.05) is 4.90 Å². The predicted octanol–water partition coefficient (Wildman–Crippen LogP) is 4.83. The van der Waals surface area contributed by atoms with Gasteiger partial charge in [0.15, 0.2) is 0 Å². The highest BCUT2D eigenvalue weighted by molar-refractivity contribution is 6.14. The van der Waals surface area contributed by atoms with Gasteiger partial charge in [0.25, 0.3) is 5.91 Å². The van der Waals surface area contributed by atoms with Crippen LogP contribution in [0.1, 0.15) is 26.3 Å². The number of anilines is 1. The summed E-state index contributed by atoms with van der Waals surface area (Å²) in [5.41, 5.74) is 3.92. The molecule has 1 N–H and O–H groups in total. The van der Waals surface area contributed by atoms with Gasteiger partial charge < -0.3 is 9.88 Å². The van der Waals surface area contributed by atoms with Crippen LogP contribution in [0, 0.1) is 0 Å². The molecule has 0 atom stereocenters. The summed E-state index contributed by atoms with van der Waals surface area (Å²) in [6, 6.07) is 24.7. The van der Waals surface area contributed by atoms with Crippen LogP contribution in [0.4, 0.5) is 5.69 Å². The number of nitrogens with zero attached hydrogens (tertiary/aromatic N) is 1. The van der Waals surface area contributed by atoms with Gasteiger partial charge in [0.2, 0.25) is 0 Å². The van der Waals surface area contributed by atoms with Crippen molar-refractivity contribution < 1.29 is 9.59 Å². The van der Waals surface area contributed by atoms with Gasteiger partial charge in [-0.05, 0) is 35.9 Å². The molecule has 0 radical (unpaired) electrons. The third-order valence-corrected chi connectivity index (χ3v) is 4.59. The number of rotatable bonds is 5. The Bertz CT molecular complexity index is 1080. The maximum atomic E-state index is 13.4. The maximum absolute atomic E-state index is 13.4. The van der Waals surface area contributed by atoms with Crippen LogP contribution in [0.15, 0.2) is 85.1 Å². The van der Waals surface area contributed by atoms with Gasteiger partial charge in [-0.3, -0.25) is 9.59 Å². The smallest absolute Gasteiger partial charge is 0.260 e. The summed E-state index contributed by atoms with van der Waals surface area (Å²) in [7, 11) is 0. The standard InChI is InChI=1S/C23H18N2O2/c26-16-18-10-12-19(13-11-18)25(15-17-6-2-1-3-7-17)23(27)21-14-24-22-9-5-4-8-20(21)22/h1-14,16,24H,15H2. The summed E-state index contributed by atoms with van der Waals surface area (Å²) in [5.74, 6) is -0.0878. The predicted molar refractivity (Wildman–Crippen MR) is 107 cm³/mol. The molecule has 1 amide bonds. The second-order valence-corrected chi connectivity index (χ2v) is 6.33. The number of benzene rings is 3. The Kier molecular flexibility index (Phi) is 4.54. The van der Waals surface area contributed by atoms with Crippen molar-refractivity contribution in [1.29, 1.82) is 0 Å². The molecule has 0 aliphatic rings. The molecule has 0 unspecified atom stereocenters. The molecule has 4 rings (SSSR count). The maximum Gasteiger partial charge on any atom is 0.260 e. The van der Waals surface area contributed by atoms with E-state index in [1.807, 2.05) is 54.6 Å². The van der Waals surface area contributed by atoms with Gasteiger partial charge in [-0.15, -0.1) is 0 Å². The normalized spacial score (nSPS) is 10.7. The van der Waals surface area contributed by atoms with Crippen LogP contribution in [0.25, 0.3) is 10.9 Å². The van der Waals surface area contributed by atoms with Crippen LogP contribution in [-0.2, 0) is 6.54 Å². The fourth-order valence-corrected chi connectivity index (χ4v) is 3.17. The van der Waals surface area contributed by atoms with E-state index in [1.54, 1.807) is 35.4 Å². The Morgan fingerprint density at radius 2 is 1.59 bits per heavy atom. The minimum absolute atomic E-state index is 0.0878. The summed E-state index contributed by atoms with van der Waals surface area (Å²) in [6.07, 6.45) is 2.55. The summed E-state index contributed by atoms with van der Waals surface area (Å²) in [4.78, 5) is 29.3. The van der Waals surface area contributed by atoms with Gasteiger partial charge in [-0.25, -0.2) is 0 Å². The molecule has 0 bridgehead atoms. The van der Waals surface area contributed by atoms with E-state index in [-0.39, 0.29) is 5.91 Å². The van der Waals surface area contributed by atoms with Gasteiger partial charge in [0.05, 0.1) is 12.1 Å². The number of hydrogen-bond acceptors (Lipinski definition) is 2. The number of fused-ring (bicyclic) bond motifs is 1. The van der Waals surface area contributed by atoms with E-state index < -0.39 is 0 Å². The third kappa shape index (κ3) is 3.37. The number of para-hydroxylation sites is 1. The highest BCUT2D eigenvalue weighted by atomic mass is 16.2. The fraction of sp³-hybridized carbons (Fsp3) is 0.0435. The van der Waals surface area contributed by atoms with E-state index in [2.05, 4.69) is 4.98 Å². The number of carbonyl (C=O) groups is 2. The number of hydrogen-bond donors (Lipinski definition) is 1. The minimum Gasteiger partial charge on any atom is -0.360 e. The molecule has 0 fully saturated rings. The Morgan fingerprint density at radius 3 is 2.33 bits per heavy atom. The molecule has 132 valence electrons. The van der Waals surface area contributed by atoms with E-state index in [4.69, 9.17) is 0 Å². The first-order chi connectivity index (χ1) is 13.3. The van der Waals surface area contributed by atoms with Crippen molar-refractivity contribution in [2.45, 2.75) is 6.54 Å². The molecule has 1 heterocycles. The number of aromatic amines is 1. The largest absolute Gasteiger partial charge is 0.360 e. The van der Waals surface area contributed by atoms with E-state index in [0.717, 1.165) is 28.4 Å². The summed E-state index contributed by atoms with van der Waals surface area (Å²) in [6.45, 7) is 0.444. The van der Waals surface area contributed by atoms with Gasteiger partial charge in [0.1, 0.15) is 6.29 Å². The highest BCUT2D eigenvalue weighted by Crippen LogP contribution is 2.25. The van der Waals surface area contributed by atoms with Crippen LogP contribution in [-0.4, -0.2) is 17.2 Å². The van der Waals surface area contributed by atoms with Crippen LogP contribution in [0.2, 0.25) is 0 Å². The van der Waals surface area contributed by atoms with Gasteiger partial charge in [-0.2, -0.15) is 0 Å². The number of amides is 1. The van der Waals surface area contributed by atoms with Crippen molar-refractivity contribution >= 4 is 28.8 Å². The van der Waals surface area contributed by atoms with Crippen LogP contribution in [0.5, 0.6) is 0 Å². The Labute approximate surface area is 157 Å². The van der Waals surface area contributed by atoms with Gasteiger partial charge in [0, 0.05) is 28.4 Å². The molecule has 0 saturated carbocycles. The van der Waals surface area contributed by atoms with Crippen molar-refractivity contribution in [1.82, 2.24) is 4.98 Å². The molecule has 4 nitrogen and oxygen atoms in total. The average molecular weight is 354 g/mol. The van der Waals surface area contributed by atoms with Crippen LogP contribution < -0.4 is 4.90 Å². The molecule has 0 aliphatic heterocycles. The number of H-pyrrole nitrogens is 1. The van der Waals surface area contributed by atoms with Gasteiger partial charge >= 0.3 is 0 Å². The molecule has 27 heavy (non-hydrogen) atoms. The summed E-state index contributed by atoms with van der Waals surface area (Å²) >= 11 is 0. The third-order valence-electron chi connectivity index (χ3n) is 4.59. The second kappa shape index (κ2) is 7.30.